The summed E-state index contributed by atoms with van der Waals surface area (Å²) in [6, 6.07) is 20.3. The summed E-state index contributed by atoms with van der Waals surface area (Å²) >= 11 is 0. The highest BCUT2D eigenvalue weighted by Gasteiger charge is 2.16. The van der Waals surface area contributed by atoms with Crippen molar-refractivity contribution in [3.05, 3.63) is 83.7 Å². The number of azo groups is 1. The van der Waals surface area contributed by atoms with Crippen molar-refractivity contribution in [2.75, 3.05) is 0 Å². The highest BCUT2D eigenvalue weighted by atomic mass is 15.1. The summed E-state index contributed by atoms with van der Waals surface area (Å²) in [4.78, 5) is 0. The Morgan fingerprint density at radius 2 is 1.36 bits per heavy atom. The van der Waals surface area contributed by atoms with Crippen LogP contribution in [0.4, 0.5) is 0 Å². The number of hydrogen-bond donors (Lipinski definition) is 0. The molecular weight excluding hydrogens is 268 g/mol. The lowest BCUT2D eigenvalue weighted by Crippen LogP contribution is -2.07. The second-order valence-electron chi connectivity index (χ2n) is 6.13. The molecule has 2 rings (SSSR count). The van der Waals surface area contributed by atoms with Crippen LogP contribution < -0.4 is 0 Å². The molecule has 0 aliphatic rings. The van der Waals surface area contributed by atoms with Gasteiger partial charge in [-0.1, -0.05) is 81.4 Å². The van der Waals surface area contributed by atoms with Crippen LogP contribution in [-0.4, -0.2) is 0 Å². The van der Waals surface area contributed by atoms with E-state index in [1.165, 1.54) is 0 Å². The zero-order valence-corrected chi connectivity index (χ0v) is 13.4. The summed E-state index contributed by atoms with van der Waals surface area (Å²) in [6.45, 7) is 6.42. The molecule has 0 aliphatic heterocycles. The highest BCUT2D eigenvalue weighted by molar-refractivity contribution is 5.53. The van der Waals surface area contributed by atoms with Crippen LogP contribution in [0.1, 0.15) is 31.9 Å². The molecule has 0 saturated heterocycles. The third-order valence-electron chi connectivity index (χ3n) is 3.17. The van der Waals surface area contributed by atoms with Crippen LogP contribution in [-0.2, 0) is 0 Å². The molecule has 0 saturated carbocycles. The highest BCUT2D eigenvalue weighted by Crippen LogP contribution is 2.28. The van der Waals surface area contributed by atoms with Crippen LogP contribution in [0.3, 0.4) is 0 Å². The Kier molecular flexibility index (Phi) is 5.42. The Bertz CT molecular complexity index is 660. The molecular formula is C20H22N2. The SMILES string of the molecule is CC(C)(C)C(=Cc1ccccc1)N=NC=Cc1ccccc1. The van der Waals surface area contributed by atoms with Crippen LogP contribution in [0.25, 0.3) is 12.2 Å². The second kappa shape index (κ2) is 7.51. The van der Waals surface area contributed by atoms with Crippen LogP contribution in [0.2, 0.25) is 0 Å². The van der Waals surface area contributed by atoms with Crippen molar-refractivity contribution in [1.82, 2.24) is 0 Å². The van der Waals surface area contributed by atoms with E-state index in [0.717, 1.165) is 16.8 Å². The van der Waals surface area contributed by atoms with E-state index in [0.29, 0.717) is 0 Å². The van der Waals surface area contributed by atoms with E-state index >= 15 is 0 Å². The topological polar surface area (TPSA) is 24.7 Å². The van der Waals surface area contributed by atoms with Crippen molar-refractivity contribution >= 4 is 12.2 Å². The van der Waals surface area contributed by atoms with Crippen molar-refractivity contribution in [3.63, 3.8) is 0 Å². The second-order valence-corrected chi connectivity index (χ2v) is 6.13. The third kappa shape index (κ3) is 5.13. The average molecular weight is 290 g/mol. The van der Waals surface area contributed by atoms with E-state index in [4.69, 9.17) is 0 Å². The van der Waals surface area contributed by atoms with Gasteiger partial charge in [0.1, 0.15) is 0 Å². The van der Waals surface area contributed by atoms with Gasteiger partial charge in [-0.05, 0) is 23.3 Å². The molecule has 22 heavy (non-hydrogen) atoms. The fourth-order valence-electron chi connectivity index (χ4n) is 1.88. The molecule has 0 atom stereocenters. The zero-order chi connectivity index (χ0) is 15.8. The summed E-state index contributed by atoms with van der Waals surface area (Å²) in [5.74, 6) is 0. The fourth-order valence-corrected chi connectivity index (χ4v) is 1.88. The van der Waals surface area contributed by atoms with Crippen molar-refractivity contribution in [2.24, 2.45) is 15.6 Å². The number of benzene rings is 2. The molecule has 112 valence electrons. The summed E-state index contributed by atoms with van der Waals surface area (Å²) in [5.41, 5.74) is 3.15. The molecule has 0 unspecified atom stereocenters. The molecule has 0 aliphatic carbocycles. The van der Waals surface area contributed by atoms with Gasteiger partial charge in [-0.2, -0.15) is 10.2 Å². The number of nitrogens with zero attached hydrogens (tertiary/aromatic N) is 2. The Morgan fingerprint density at radius 1 is 0.818 bits per heavy atom. The van der Waals surface area contributed by atoms with Crippen LogP contribution in [0.15, 0.2) is 82.8 Å². The van der Waals surface area contributed by atoms with Crippen molar-refractivity contribution < 1.29 is 0 Å². The molecule has 2 aromatic carbocycles. The quantitative estimate of drug-likeness (QED) is 0.599. The van der Waals surface area contributed by atoms with E-state index in [9.17, 15) is 0 Å². The van der Waals surface area contributed by atoms with Crippen LogP contribution >= 0.6 is 0 Å². The van der Waals surface area contributed by atoms with E-state index in [1.54, 1.807) is 6.20 Å². The van der Waals surface area contributed by atoms with E-state index in [1.807, 2.05) is 54.6 Å². The first-order valence-corrected chi connectivity index (χ1v) is 7.45. The van der Waals surface area contributed by atoms with Crippen molar-refractivity contribution in [2.45, 2.75) is 20.8 Å². The molecule has 0 heterocycles. The van der Waals surface area contributed by atoms with Gasteiger partial charge in [0.15, 0.2) is 0 Å². The number of rotatable bonds is 4. The predicted molar refractivity (Wildman–Crippen MR) is 94.2 cm³/mol. The van der Waals surface area contributed by atoms with E-state index in [-0.39, 0.29) is 5.41 Å². The minimum absolute atomic E-state index is 0.0556. The van der Waals surface area contributed by atoms with Crippen molar-refractivity contribution in [3.8, 4) is 0 Å². The van der Waals surface area contributed by atoms with Gasteiger partial charge in [-0.15, -0.1) is 0 Å². The molecule has 0 fully saturated rings. The lowest BCUT2D eigenvalue weighted by molar-refractivity contribution is 0.496. The van der Waals surface area contributed by atoms with Gasteiger partial charge in [0.2, 0.25) is 0 Å². The maximum atomic E-state index is 4.40. The monoisotopic (exact) mass is 290 g/mol. The van der Waals surface area contributed by atoms with E-state index in [2.05, 4.69) is 49.2 Å². The summed E-state index contributed by atoms with van der Waals surface area (Å²) in [5, 5.41) is 8.61. The first-order valence-electron chi connectivity index (χ1n) is 7.45. The normalized spacial score (nSPS) is 13.1. The molecule has 0 spiro atoms. The average Bonchev–Trinajstić information content (AvgIpc) is 2.51. The van der Waals surface area contributed by atoms with Gasteiger partial charge < -0.3 is 0 Å². The molecule has 0 radical (unpaired) electrons. The van der Waals surface area contributed by atoms with Crippen LogP contribution in [0, 0.1) is 5.41 Å². The molecule has 0 N–H and O–H groups in total. The van der Waals surface area contributed by atoms with Gasteiger partial charge in [0.25, 0.3) is 0 Å². The largest absolute Gasteiger partial charge is 0.159 e. The van der Waals surface area contributed by atoms with Gasteiger partial charge in [0.05, 0.1) is 11.9 Å². The molecule has 0 amide bonds. The Hall–Kier alpha value is -2.48. The van der Waals surface area contributed by atoms with Gasteiger partial charge in [-0.3, -0.25) is 0 Å². The molecule has 0 bridgehead atoms. The Labute approximate surface area is 132 Å². The lowest BCUT2D eigenvalue weighted by atomic mass is 9.91. The first kappa shape index (κ1) is 15.9. The van der Waals surface area contributed by atoms with Gasteiger partial charge in [0, 0.05) is 5.41 Å². The van der Waals surface area contributed by atoms with Crippen molar-refractivity contribution in [1.29, 1.82) is 0 Å². The van der Waals surface area contributed by atoms with Crippen LogP contribution in [0.5, 0.6) is 0 Å². The van der Waals surface area contributed by atoms with E-state index < -0.39 is 0 Å². The maximum absolute atomic E-state index is 4.40. The summed E-state index contributed by atoms with van der Waals surface area (Å²) in [6.07, 6.45) is 5.77. The maximum Gasteiger partial charge on any atom is 0.0689 e. The minimum Gasteiger partial charge on any atom is -0.159 e. The smallest absolute Gasteiger partial charge is 0.0689 e. The third-order valence-corrected chi connectivity index (χ3v) is 3.17. The summed E-state index contributed by atoms with van der Waals surface area (Å²) < 4.78 is 0. The zero-order valence-electron chi connectivity index (χ0n) is 13.4. The Balaban J connectivity index is 2.16. The lowest BCUT2D eigenvalue weighted by Gasteiger charge is -2.18. The molecule has 2 aromatic rings. The number of hydrogen-bond acceptors (Lipinski definition) is 2. The summed E-state index contributed by atoms with van der Waals surface area (Å²) in [7, 11) is 0. The standard InChI is InChI=1S/C20H22N2/c1-20(2,3)19(16-18-12-8-5-9-13-18)22-21-15-14-17-10-6-4-7-11-17/h4-16H,1-3H3. The minimum atomic E-state index is -0.0556. The predicted octanol–water partition coefficient (Wildman–Crippen LogP) is 6.20. The number of allylic oxidation sites excluding steroid dienone is 1. The van der Waals surface area contributed by atoms with Gasteiger partial charge in [-0.25, -0.2) is 0 Å². The Morgan fingerprint density at radius 3 is 1.91 bits per heavy atom. The molecule has 2 heteroatoms. The molecule has 2 nitrogen and oxygen atoms in total. The first-order chi connectivity index (χ1) is 10.6. The molecule has 0 aromatic heterocycles. The fraction of sp³-hybridized carbons (Fsp3) is 0.200. The van der Waals surface area contributed by atoms with Gasteiger partial charge >= 0.3 is 0 Å².